The van der Waals surface area contributed by atoms with Gasteiger partial charge in [0.05, 0.1) is 12.7 Å². The van der Waals surface area contributed by atoms with E-state index in [4.69, 9.17) is 20.4 Å². The van der Waals surface area contributed by atoms with Crippen LogP contribution in [-0.2, 0) is 27.4 Å². The number of nitrogens with zero attached hydrogens (tertiary/aromatic N) is 1. The minimum absolute atomic E-state index is 0.0247. The highest BCUT2D eigenvalue weighted by Crippen LogP contribution is 2.22. The molecule has 12 nitrogen and oxygen atoms in total. The number of benzene rings is 2. The van der Waals surface area contributed by atoms with Gasteiger partial charge < -0.3 is 41.3 Å². The number of unbranched alkanes of at least 4 members (excludes halogenated alkanes) is 4. The molecule has 2 aromatic rings. The summed E-state index contributed by atoms with van der Waals surface area (Å²) in [6.45, 7) is 3.52. The van der Waals surface area contributed by atoms with Crippen molar-refractivity contribution in [3.8, 4) is 5.75 Å². The van der Waals surface area contributed by atoms with E-state index in [1.165, 1.54) is 13.0 Å². The fraction of sp³-hybridized carbons (Fsp3) is 0.500. The number of hydrogen-bond acceptors (Lipinski definition) is 8. The van der Waals surface area contributed by atoms with Crippen molar-refractivity contribution in [2.75, 3.05) is 31.2 Å². The predicted octanol–water partition coefficient (Wildman–Crippen LogP) is 3.17. The fourth-order valence-electron chi connectivity index (χ4n) is 4.25. The molecule has 0 bridgehead atoms. The highest BCUT2D eigenvalue weighted by molar-refractivity contribution is 5.97. The smallest absolute Gasteiger partial charge is 0.326 e. The van der Waals surface area contributed by atoms with Crippen molar-refractivity contribution in [2.45, 2.75) is 70.6 Å². The van der Waals surface area contributed by atoms with E-state index in [0.717, 1.165) is 68.6 Å². The van der Waals surface area contributed by atoms with Gasteiger partial charge >= 0.3 is 12.0 Å². The number of carboxylic acids is 1. The molecular weight excluding hydrogens is 546 g/mol. The number of aliphatic carboxylic acids is 1. The molecule has 2 atom stereocenters. The van der Waals surface area contributed by atoms with E-state index in [1.807, 2.05) is 6.07 Å². The van der Waals surface area contributed by atoms with E-state index in [9.17, 15) is 30.0 Å². The molecule has 2 rings (SSSR count). The summed E-state index contributed by atoms with van der Waals surface area (Å²) in [7, 11) is 0. The number of primary amides is 1. The molecule has 0 saturated heterocycles. The maximum Gasteiger partial charge on any atom is 0.326 e. The van der Waals surface area contributed by atoms with E-state index in [0.29, 0.717) is 30.0 Å². The molecule has 0 aliphatic rings. The summed E-state index contributed by atoms with van der Waals surface area (Å²) < 4.78 is 5.74. The van der Waals surface area contributed by atoms with Crippen molar-refractivity contribution in [2.24, 2.45) is 5.73 Å². The summed E-state index contributed by atoms with van der Waals surface area (Å²) in [5.41, 5.74) is 7.96. The van der Waals surface area contributed by atoms with Crippen LogP contribution in [0.1, 0.15) is 68.2 Å². The molecule has 2 aromatic carbocycles. The molecule has 0 unspecified atom stereocenters. The van der Waals surface area contributed by atoms with Crippen molar-refractivity contribution >= 4 is 24.2 Å². The first kappa shape index (κ1) is 36.3. The average Bonchev–Trinajstić information content (AvgIpc) is 2.96. The Morgan fingerprint density at radius 3 is 2.36 bits per heavy atom. The lowest BCUT2D eigenvalue weighted by molar-refractivity contribution is -0.138. The number of aromatic hydroxyl groups is 1. The lowest BCUT2D eigenvalue weighted by Gasteiger charge is -2.25. The molecule has 8 N–H and O–H groups in total. The van der Waals surface area contributed by atoms with Crippen molar-refractivity contribution in [3.63, 3.8) is 0 Å². The van der Waals surface area contributed by atoms with Gasteiger partial charge in [-0.2, -0.15) is 0 Å². The molecule has 0 aliphatic carbocycles. The van der Waals surface area contributed by atoms with Crippen LogP contribution in [0.25, 0.3) is 0 Å². The fourth-order valence-corrected chi connectivity index (χ4v) is 4.25. The Bertz CT molecular complexity index is 1080. The van der Waals surface area contributed by atoms with E-state index in [2.05, 4.69) is 5.32 Å². The molecular formula is C30H45N3O9. The Morgan fingerprint density at radius 2 is 1.71 bits per heavy atom. The number of rotatable bonds is 19. The van der Waals surface area contributed by atoms with Crippen molar-refractivity contribution < 1.29 is 44.7 Å². The SMILES string of the molecule is C[C@@H](C(=O)O)N(C(N)=O)c1cccc(CCCCOCCCCCCNC[C@H](O)c2ccc(O)c(CO)c2)c1.O=CO. The first-order valence-corrected chi connectivity index (χ1v) is 14.0. The second-order valence-corrected chi connectivity index (χ2v) is 9.75. The van der Waals surface area contributed by atoms with Gasteiger partial charge in [-0.25, -0.2) is 9.59 Å². The zero-order valence-electron chi connectivity index (χ0n) is 24.2. The summed E-state index contributed by atoms with van der Waals surface area (Å²) in [6.07, 6.45) is 6.05. The van der Waals surface area contributed by atoms with E-state index in [1.54, 1.807) is 30.3 Å². The van der Waals surface area contributed by atoms with Gasteiger partial charge in [-0.3, -0.25) is 9.69 Å². The number of carbonyl (C=O) groups excluding carboxylic acids is 1. The van der Waals surface area contributed by atoms with Crippen LogP contribution in [0, 0.1) is 0 Å². The largest absolute Gasteiger partial charge is 0.508 e. The number of anilines is 1. The molecule has 0 aliphatic heterocycles. The van der Waals surface area contributed by atoms with Crippen LogP contribution in [-0.4, -0.2) is 76.4 Å². The van der Waals surface area contributed by atoms with Gasteiger partial charge in [-0.15, -0.1) is 0 Å². The van der Waals surface area contributed by atoms with Gasteiger partial charge in [0.25, 0.3) is 6.47 Å². The molecule has 0 aromatic heterocycles. The molecule has 0 saturated carbocycles. The molecule has 12 heteroatoms. The summed E-state index contributed by atoms with van der Waals surface area (Å²) >= 11 is 0. The van der Waals surface area contributed by atoms with E-state index >= 15 is 0 Å². The molecule has 2 amide bonds. The Morgan fingerprint density at radius 1 is 1.05 bits per heavy atom. The van der Waals surface area contributed by atoms with E-state index < -0.39 is 24.1 Å². The number of hydrogen-bond donors (Lipinski definition) is 7. The van der Waals surface area contributed by atoms with Crippen LogP contribution in [0.5, 0.6) is 5.75 Å². The first-order chi connectivity index (χ1) is 20.2. The van der Waals surface area contributed by atoms with Crippen LogP contribution in [0.15, 0.2) is 42.5 Å². The van der Waals surface area contributed by atoms with Crippen LogP contribution in [0.2, 0.25) is 0 Å². The third kappa shape index (κ3) is 13.8. The van der Waals surface area contributed by atoms with Crippen molar-refractivity contribution in [1.29, 1.82) is 0 Å². The predicted molar refractivity (Wildman–Crippen MR) is 158 cm³/mol. The normalized spacial score (nSPS) is 12.1. The number of aliphatic hydroxyl groups is 2. The monoisotopic (exact) mass is 591 g/mol. The van der Waals surface area contributed by atoms with Gasteiger partial charge in [0.1, 0.15) is 11.8 Å². The number of urea groups is 1. The molecule has 0 radical (unpaired) electrons. The Kier molecular flexibility index (Phi) is 18.2. The number of nitrogens with one attached hydrogen (secondary N) is 1. The number of nitrogens with two attached hydrogens (primary N) is 1. The van der Waals surface area contributed by atoms with Crippen molar-refractivity contribution in [1.82, 2.24) is 5.32 Å². The highest BCUT2D eigenvalue weighted by Gasteiger charge is 2.25. The lowest BCUT2D eigenvalue weighted by atomic mass is 10.1. The van der Waals surface area contributed by atoms with Gasteiger partial charge in [0, 0.05) is 31.0 Å². The van der Waals surface area contributed by atoms with Crippen molar-refractivity contribution in [3.05, 3.63) is 59.2 Å². The number of carbonyl (C=O) groups is 3. The summed E-state index contributed by atoms with van der Waals surface area (Å²) in [5.74, 6) is -1.09. The number of ether oxygens (including phenoxy) is 1. The highest BCUT2D eigenvalue weighted by atomic mass is 16.5. The minimum Gasteiger partial charge on any atom is -0.508 e. The van der Waals surface area contributed by atoms with Crippen LogP contribution < -0.4 is 16.0 Å². The number of carboxylic acid groups (broad SMARTS) is 2. The summed E-state index contributed by atoms with van der Waals surface area (Å²) in [4.78, 5) is 32.5. The van der Waals surface area contributed by atoms with Crippen LogP contribution in [0.4, 0.5) is 10.5 Å². The molecule has 234 valence electrons. The molecule has 0 spiro atoms. The number of amides is 2. The lowest BCUT2D eigenvalue weighted by Crippen LogP contribution is -2.46. The number of aryl methyl sites for hydroxylation is 1. The Labute approximate surface area is 246 Å². The average molecular weight is 592 g/mol. The zero-order valence-corrected chi connectivity index (χ0v) is 24.2. The molecule has 42 heavy (non-hydrogen) atoms. The number of aliphatic hydroxyl groups excluding tert-OH is 2. The third-order valence-electron chi connectivity index (χ3n) is 6.56. The Balaban J connectivity index is 0.00000281. The van der Waals surface area contributed by atoms with Gasteiger partial charge in [-0.1, -0.05) is 31.0 Å². The molecule has 0 heterocycles. The van der Waals surface area contributed by atoms with E-state index in [-0.39, 0.29) is 18.8 Å². The standard InChI is InChI=1S/C29H43N3O7.CH2O2/c1-21(28(36)37)32(29(30)38)25-11-8-10-22(17-25)9-4-7-16-39-15-6-3-2-5-14-31-19-27(35)23-12-13-26(34)24(18-23)20-33;2-1-3/h8,10-13,17-18,21,27,31,33-35H,2-7,9,14-16,19-20H2,1H3,(H2,30,38)(H,36,37);1H,(H,2,3)/t21-,27-;/m0./s1. The van der Waals surface area contributed by atoms with Gasteiger partial charge in [-0.05, 0) is 81.0 Å². The maximum absolute atomic E-state index is 11.8. The van der Waals surface area contributed by atoms with Gasteiger partial charge in [0.15, 0.2) is 0 Å². The molecule has 0 fully saturated rings. The second kappa shape index (κ2) is 21.1. The summed E-state index contributed by atoms with van der Waals surface area (Å²) in [5, 5.41) is 48.5. The Hall–Kier alpha value is -3.71. The van der Waals surface area contributed by atoms with Gasteiger partial charge in [0.2, 0.25) is 0 Å². The summed E-state index contributed by atoms with van der Waals surface area (Å²) in [6, 6.07) is 10.1. The first-order valence-electron chi connectivity index (χ1n) is 14.0. The quantitative estimate of drug-likeness (QED) is 0.0939. The topological polar surface area (TPSA) is 203 Å². The zero-order chi connectivity index (χ0) is 31.3. The minimum atomic E-state index is -1.12. The number of phenols is 1. The third-order valence-corrected chi connectivity index (χ3v) is 6.56. The maximum atomic E-state index is 11.8. The van der Waals surface area contributed by atoms with Crippen LogP contribution in [0.3, 0.4) is 0 Å². The second-order valence-electron chi connectivity index (χ2n) is 9.75. The van der Waals surface area contributed by atoms with Crippen LogP contribution >= 0.6 is 0 Å².